The summed E-state index contributed by atoms with van der Waals surface area (Å²) in [7, 11) is 1.51. The zero-order chi connectivity index (χ0) is 14.4. The topological polar surface area (TPSA) is 64.4 Å². The Hall–Kier alpha value is -2.21. The largest absolute Gasteiger partial charge is 0.378 e. The number of hydrogen-bond donors (Lipinski definition) is 1. The Morgan fingerprint density at radius 3 is 3.10 bits per heavy atom. The number of methoxy groups -OCH3 is 1. The van der Waals surface area contributed by atoms with Gasteiger partial charge in [-0.05, 0) is 24.1 Å². The Morgan fingerprint density at radius 1 is 1.50 bits per heavy atom. The molecule has 0 aliphatic rings. The van der Waals surface area contributed by atoms with Gasteiger partial charge in [0.2, 0.25) is 0 Å². The van der Waals surface area contributed by atoms with Crippen LogP contribution in [0.25, 0.3) is 0 Å². The lowest BCUT2D eigenvalue weighted by Crippen LogP contribution is -2.26. The molecule has 1 N–H and O–H groups in total. The van der Waals surface area contributed by atoms with Gasteiger partial charge in [0.1, 0.15) is 23.3 Å². The van der Waals surface area contributed by atoms with Crippen molar-refractivity contribution in [2.75, 3.05) is 13.7 Å². The van der Waals surface area contributed by atoms with Gasteiger partial charge in [-0.15, -0.1) is 0 Å². The Labute approximate surface area is 115 Å². The third-order valence-electron chi connectivity index (χ3n) is 2.76. The Bertz CT molecular complexity index is 583. The molecule has 0 atom stereocenters. The molecule has 106 valence electrons. The Balaban J connectivity index is 1.87. The van der Waals surface area contributed by atoms with Gasteiger partial charge in [0, 0.05) is 13.7 Å². The zero-order valence-electron chi connectivity index (χ0n) is 11.1. The van der Waals surface area contributed by atoms with Crippen LogP contribution >= 0.6 is 0 Å². The summed E-state index contributed by atoms with van der Waals surface area (Å²) in [5, 5.41) is 6.43. The smallest absolute Gasteiger partial charge is 0.256 e. The van der Waals surface area contributed by atoms with Crippen LogP contribution in [-0.2, 0) is 17.8 Å². The highest BCUT2D eigenvalue weighted by Crippen LogP contribution is 2.08. The predicted octanol–water partition coefficient (Wildman–Crippen LogP) is 1.93. The average molecular weight is 278 g/mol. The quantitative estimate of drug-likeness (QED) is 0.877. The summed E-state index contributed by atoms with van der Waals surface area (Å²) in [6.07, 6.45) is 1.83. The second-order valence-electron chi connectivity index (χ2n) is 4.24. The molecule has 1 aromatic heterocycles. The number of amides is 1. The molecule has 0 radical (unpaired) electrons. The molecule has 0 bridgehead atoms. The predicted molar refractivity (Wildman–Crippen MR) is 69.7 cm³/mol. The summed E-state index contributed by atoms with van der Waals surface area (Å²) >= 11 is 0. The third kappa shape index (κ3) is 3.64. The van der Waals surface area contributed by atoms with Crippen molar-refractivity contribution in [1.82, 2.24) is 10.5 Å². The standard InChI is InChI=1S/C14H15FN2O3/c1-19-9-13-12(8-20-17-13)14(18)16-6-5-10-3-2-4-11(15)7-10/h2-4,7-8H,5-6,9H2,1H3,(H,16,18). The number of rotatable bonds is 6. The highest BCUT2D eigenvalue weighted by atomic mass is 19.1. The fourth-order valence-electron chi connectivity index (χ4n) is 1.79. The molecule has 1 aromatic carbocycles. The molecule has 20 heavy (non-hydrogen) atoms. The monoisotopic (exact) mass is 278 g/mol. The molecule has 0 aliphatic carbocycles. The van der Waals surface area contributed by atoms with Crippen molar-refractivity contribution < 1.29 is 18.4 Å². The first-order valence-corrected chi connectivity index (χ1v) is 6.15. The van der Waals surface area contributed by atoms with Crippen molar-refractivity contribution in [2.24, 2.45) is 0 Å². The zero-order valence-corrected chi connectivity index (χ0v) is 11.1. The highest BCUT2D eigenvalue weighted by Gasteiger charge is 2.15. The first-order valence-electron chi connectivity index (χ1n) is 6.15. The lowest BCUT2D eigenvalue weighted by molar-refractivity contribution is 0.0949. The van der Waals surface area contributed by atoms with E-state index in [9.17, 15) is 9.18 Å². The number of halogens is 1. The maximum Gasteiger partial charge on any atom is 0.256 e. The molecule has 0 fully saturated rings. The second-order valence-corrected chi connectivity index (χ2v) is 4.24. The maximum atomic E-state index is 13.0. The number of nitrogens with zero attached hydrogens (tertiary/aromatic N) is 1. The SMILES string of the molecule is COCc1nocc1C(=O)NCCc1cccc(F)c1. The summed E-state index contributed by atoms with van der Waals surface area (Å²) in [5.41, 5.74) is 1.63. The lowest BCUT2D eigenvalue weighted by atomic mass is 10.1. The molecule has 0 aliphatic heterocycles. The number of carbonyl (C=O) groups is 1. The lowest BCUT2D eigenvalue weighted by Gasteiger charge is -2.05. The number of nitrogens with one attached hydrogen (secondary N) is 1. The molecule has 2 rings (SSSR count). The molecule has 5 nitrogen and oxygen atoms in total. The van der Waals surface area contributed by atoms with Crippen LogP contribution < -0.4 is 5.32 Å². The number of hydrogen-bond acceptors (Lipinski definition) is 4. The molecule has 2 aromatic rings. The summed E-state index contributed by atoms with van der Waals surface area (Å²) in [5.74, 6) is -0.565. The minimum atomic E-state index is -0.283. The van der Waals surface area contributed by atoms with Crippen molar-refractivity contribution >= 4 is 5.91 Å². The molecule has 0 spiro atoms. The van der Waals surface area contributed by atoms with Crippen LogP contribution in [0.4, 0.5) is 4.39 Å². The summed E-state index contributed by atoms with van der Waals surface area (Å²) < 4.78 is 22.7. The van der Waals surface area contributed by atoms with Gasteiger partial charge in [0.25, 0.3) is 5.91 Å². The van der Waals surface area contributed by atoms with Crippen molar-refractivity contribution in [3.05, 3.63) is 53.2 Å². The van der Waals surface area contributed by atoms with E-state index in [2.05, 4.69) is 10.5 Å². The van der Waals surface area contributed by atoms with Crippen LogP contribution in [0, 0.1) is 5.82 Å². The van der Waals surface area contributed by atoms with Crippen LogP contribution in [0.2, 0.25) is 0 Å². The van der Waals surface area contributed by atoms with Crippen molar-refractivity contribution in [3.8, 4) is 0 Å². The van der Waals surface area contributed by atoms with Gasteiger partial charge >= 0.3 is 0 Å². The van der Waals surface area contributed by atoms with Crippen LogP contribution in [0.3, 0.4) is 0 Å². The van der Waals surface area contributed by atoms with Gasteiger partial charge in [-0.25, -0.2) is 4.39 Å². The first kappa shape index (κ1) is 14.2. The van der Waals surface area contributed by atoms with Gasteiger partial charge in [0.15, 0.2) is 0 Å². The van der Waals surface area contributed by atoms with E-state index < -0.39 is 0 Å². The number of benzene rings is 1. The van der Waals surface area contributed by atoms with Crippen LogP contribution in [0.5, 0.6) is 0 Å². The maximum absolute atomic E-state index is 13.0. The van der Waals surface area contributed by atoms with Crippen LogP contribution in [-0.4, -0.2) is 24.7 Å². The molecule has 0 saturated carbocycles. The number of carbonyl (C=O) groups excluding carboxylic acids is 1. The van der Waals surface area contributed by atoms with Crippen LogP contribution in [0.1, 0.15) is 21.6 Å². The Kier molecular flexibility index (Phi) is 4.84. The van der Waals surface area contributed by atoms with E-state index in [1.807, 2.05) is 6.07 Å². The summed E-state index contributed by atoms with van der Waals surface area (Å²) in [6.45, 7) is 0.614. The van der Waals surface area contributed by atoms with E-state index in [-0.39, 0.29) is 18.3 Å². The van der Waals surface area contributed by atoms with Gasteiger partial charge < -0.3 is 14.6 Å². The van der Waals surface area contributed by atoms with Crippen molar-refractivity contribution in [2.45, 2.75) is 13.0 Å². The van der Waals surface area contributed by atoms with E-state index in [1.54, 1.807) is 6.07 Å². The van der Waals surface area contributed by atoms with E-state index >= 15 is 0 Å². The fraction of sp³-hybridized carbons (Fsp3) is 0.286. The molecule has 0 unspecified atom stereocenters. The van der Waals surface area contributed by atoms with Crippen LogP contribution in [0.15, 0.2) is 35.1 Å². The molecule has 0 saturated heterocycles. The average Bonchev–Trinajstić information content (AvgIpc) is 2.87. The molecular weight excluding hydrogens is 263 g/mol. The molecular formula is C14H15FN2O3. The van der Waals surface area contributed by atoms with Crippen molar-refractivity contribution in [1.29, 1.82) is 0 Å². The van der Waals surface area contributed by atoms with Gasteiger partial charge in [-0.2, -0.15) is 0 Å². The van der Waals surface area contributed by atoms with E-state index in [0.29, 0.717) is 24.2 Å². The highest BCUT2D eigenvalue weighted by molar-refractivity contribution is 5.94. The first-order chi connectivity index (χ1) is 9.70. The number of ether oxygens (including phenoxy) is 1. The number of aromatic nitrogens is 1. The van der Waals surface area contributed by atoms with Gasteiger partial charge in [-0.1, -0.05) is 17.3 Å². The molecule has 1 heterocycles. The molecule has 1 amide bonds. The Morgan fingerprint density at radius 2 is 2.35 bits per heavy atom. The van der Waals surface area contributed by atoms with E-state index in [0.717, 1.165) is 5.56 Å². The molecule has 6 heteroatoms. The van der Waals surface area contributed by atoms with Gasteiger partial charge in [-0.3, -0.25) is 4.79 Å². The second kappa shape index (κ2) is 6.81. The fourth-order valence-corrected chi connectivity index (χ4v) is 1.79. The minimum absolute atomic E-state index is 0.211. The normalized spacial score (nSPS) is 10.5. The third-order valence-corrected chi connectivity index (χ3v) is 2.76. The summed E-state index contributed by atoms with van der Waals surface area (Å²) in [6, 6.07) is 6.28. The van der Waals surface area contributed by atoms with Crippen molar-refractivity contribution in [3.63, 3.8) is 0 Å². The van der Waals surface area contributed by atoms with Gasteiger partial charge in [0.05, 0.1) is 6.61 Å². The van der Waals surface area contributed by atoms with E-state index in [4.69, 9.17) is 9.26 Å². The summed E-state index contributed by atoms with van der Waals surface area (Å²) in [4.78, 5) is 11.9. The van der Waals surface area contributed by atoms with E-state index in [1.165, 1.54) is 25.5 Å². The minimum Gasteiger partial charge on any atom is -0.378 e.